The first-order valence-corrected chi connectivity index (χ1v) is 6.18. The molecule has 18 heavy (non-hydrogen) atoms. The molecule has 1 amide bonds. The van der Waals surface area contributed by atoms with E-state index in [0.29, 0.717) is 0 Å². The Morgan fingerprint density at radius 1 is 1.28 bits per heavy atom. The molecule has 100 valence electrons. The van der Waals surface area contributed by atoms with Crippen LogP contribution in [0.15, 0.2) is 18.2 Å². The molecule has 0 atom stereocenters. The molecule has 1 aromatic rings. The Morgan fingerprint density at radius 3 is 2.39 bits per heavy atom. The second kappa shape index (κ2) is 5.53. The lowest BCUT2D eigenvalue weighted by molar-refractivity contribution is -0.127. The number of likely N-dealkylation sites (N-methyl/N-ethyl adjacent to an activating group) is 1. The zero-order valence-electron chi connectivity index (χ0n) is 12.2. The predicted molar refractivity (Wildman–Crippen MR) is 75.0 cm³/mol. The average molecular weight is 249 g/mol. The van der Waals surface area contributed by atoms with Gasteiger partial charge in [0.2, 0.25) is 0 Å². The van der Waals surface area contributed by atoms with Crippen LogP contribution in [0.3, 0.4) is 0 Å². The largest absolute Gasteiger partial charge is 0.366 e. The normalized spacial score (nSPS) is 11.4. The number of carbonyl (C=O) groups is 1. The smallest absolute Gasteiger partial charge is 0.252 e. The summed E-state index contributed by atoms with van der Waals surface area (Å²) in [6.07, 6.45) is 0. The molecule has 0 aromatic heterocycles. The summed E-state index contributed by atoms with van der Waals surface area (Å²) in [5.74, 6) is -0.0307. The lowest BCUT2D eigenvalue weighted by atomic mass is 10.1. The summed E-state index contributed by atoms with van der Waals surface area (Å²) in [4.78, 5) is 13.7. The van der Waals surface area contributed by atoms with Crippen molar-refractivity contribution in [3.05, 3.63) is 29.3 Å². The van der Waals surface area contributed by atoms with Crippen molar-refractivity contribution < 1.29 is 9.53 Å². The first kappa shape index (κ1) is 14.7. The van der Waals surface area contributed by atoms with Gasteiger partial charge in [0.1, 0.15) is 6.61 Å². The lowest BCUT2D eigenvalue weighted by Crippen LogP contribution is -2.34. The molecule has 1 aromatic carbocycles. The number of anilines is 1. The zero-order valence-corrected chi connectivity index (χ0v) is 12.2. The van der Waals surface area contributed by atoms with Crippen LogP contribution in [0.1, 0.15) is 31.9 Å². The molecule has 0 saturated heterocycles. The molecule has 0 saturated carbocycles. The molecule has 0 bridgehead atoms. The van der Waals surface area contributed by atoms with Crippen LogP contribution in [0.5, 0.6) is 0 Å². The van der Waals surface area contributed by atoms with E-state index in [1.165, 1.54) is 5.56 Å². The van der Waals surface area contributed by atoms with Crippen LogP contribution in [0, 0.1) is 13.8 Å². The van der Waals surface area contributed by atoms with Gasteiger partial charge in [-0.2, -0.15) is 0 Å². The maximum absolute atomic E-state index is 12.0. The summed E-state index contributed by atoms with van der Waals surface area (Å²) in [6.45, 7) is 9.98. The quantitative estimate of drug-likeness (QED) is 0.824. The standard InChI is InChI=1S/C15H23NO2/c1-11-7-8-13(12(2)9-11)16(6)14(17)10-18-15(3,4)5/h7-9H,10H2,1-6H3. The molecule has 0 aliphatic rings. The van der Waals surface area contributed by atoms with E-state index in [2.05, 4.69) is 6.07 Å². The van der Waals surface area contributed by atoms with Crippen LogP contribution in [0.2, 0.25) is 0 Å². The van der Waals surface area contributed by atoms with Gasteiger partial charge < -0.3 is 9.64 Å². The van der Waals surface area contributed by atoms with E-state index >= 15 is 0 Å². The third-order valence-electron chi connectivity index (χ3n) is 2.72. The summed E-state index contributed by atoms with van der Waals surface area (Å²) < 4.78 is 5.51. The minimum absolute atomic E-state index is 0.0307. The van der Waals surface area contributed by atoms with Crippen LogP contribution in [0.4, 0.5) is 5.69 Å². The Balaban J connectivity index is 2.74. The maximum atomic E-state index is 12.0. The van der Waals surface area contributed by atoms with Gasteiger partial charge in [0.05, 0.1) is 5.60 Å². The summed E-state index contributed by atoms with van der Waals surface area (Å²) in [7, 11) is 1.78. The highest BCUT2D eigenvalue weighted by Crippen LogP contribution is 2.20. The van der Waals surface area contributed by atoms with Crippen molar-refractivity contribution in [2.24, 2.45) is 0 Å². The van der Waals surface area contributed by atoms with Gasteiger partial charge in [0, 0.05) is 12.7 Å². The monoisotopic (exact) mass is 249 g/mol. The molecule has 0 heterocycles. The van der Waals surface area contributed by atoms with Crippen LogP contribution < -0.4 is 4.90 Å². The number of rotatable bonds is 3. The van der Waals surface area contributed by atoms with E-state index < -0.39 is 0 Å². The highest BCUT2D eigenvalue weighted by Gasteiger charge is 2.17. The molecular formula is C15H23NO2. The molecule has 0 unspecified atom stereocenters. The number of amides is 1. The molecular weight excluding hydrogens is 226 g/mol. The second-order valence-electron chi connectivity index (χ2n) is 5.64. The van der Waals surface area contributed by atoms with Gasteiger partial charge >= 0.3 is 0 Å². The summed E-state index contributed by atoms with van der Waals surface area (Å²) in [6, 6.07) is 6.06. The summed E-state index contributed by atoms with van der Waals surface area (Å²) in [5.41, 5.74) is 2.94. The maximum Gasteiger partial charge on any atom is 0.252 e. The molecule has 0 aliphatic heterocycles. The summed E-state index contributed by atoms with van der Waals surface area (Å²) in [5, 5.41) is 0. The minimum atomic E-state index is -0.293. The lowest BCUT2D eigenvalue weighted by Gasteiger charge is -2.23. The van der Waals surface area contributed by atoms with E-state index in [1.54, 1.807) is 11.9 Å². The molecule has 1 rings (SSSR count). The topological polar surface area (TPSA) is 29.5 Å². The number of hydrogen-bond donors (Lipinski definition) is 0. The number of aryl methyl sites for hydroxylation is 2. The van der Waals surface area contributed by atoms with Crippen molar-refractivity contribution in [2.45, 2.75) is 40.2 Å². The highest BCUT2D eigenvalue weighted by atomic mass is 16.5. The van der Waals surface area contributed by atoms with E-state index in [1.807, 2.05) is 46.8 Å². The summed E-state index contributed by atoms with van der Waals surface area (Å²) >= 11 is 0. The zero-order chi connectivity index (χ0) is 13.9. The third-order valence-corrected chi connectivity index (χ3v) is 2.72. The molecule has 3 nitrogen and oxygen atoms in total. The minimum Gasteiger partial charge on any atom is -0.366 e. The number of carbonyl (C=O) groups excluding carboxylic acids is 1. The number of hydrogen-bond acceptors (Lipinski definition) is 2. The highest BCUT2D eigenvalue weighted by molar-refractivity contribution is 5.94. The third kappa shape index (κ3) is 4.15. The van der Waals surface area contributed by atoms with Crippen molar-refractivity contribution in [3.8, 4) is 0 Å². The number of ether oxygens (including phenoxy) is 1. The van der Waals surface area contributed by atoms with E-state index in [-0.39, 0.29) is 18.1 Å². The van der Waals surface area contributed by atoms with Crippen molar-refractivity contribution in [2.75, 3.05) is 18.6 Å². The van der Waals surface area contributed by atoms with Crippen molar-refractivity contribution >= 4 is 11.6 Å². The molecule has 0 spiro atoms. The van der Waals surface area contributed by atoms with Gasteiger partial charge in [-0.1, -0.05) is 17.7 Å². The van der Waals surface area contributed by atoms with E-state index in [9.17, 15) is 4.79 Å². The van der Waals surface area contributed by atoms with Gasteiger partial charge in [0.25, 0.3) is 5.91 Å². The van der Waals surface area contributed by atoms with E-state index in [4.69, 9.17) is 4.74 Å². The second-order valence-corrected chi connectivity index (χ2v) is 5.64. The first-order valence-electron chi connectivity index (χ1n) is 6.18. The first-order chi connectivity index (χ1) is 8.20. The van der Waals surface area contributed by atoms with Gasteiger partial charge in [-0.25, -0.2) is 0 Å². The Hall–Kier alpha value is -1.35. The van der Waals surface area contributed by atoms with Crippen molar-refractivity contribution in [1.29, 1.82) is 0 Å². The average Bonchev–Trinajstić information content (AvgIpc) is 2.24. The molecule has 3 heteroatoms. The predicted octanol–water partition coefficient (Wildman–Crippen LogP) is 3.08. The fourth-order valence-electron chi connectivity index (χ4n) is 1.69. The number of benzene rings is 1. The van der Waals surface area contributed by atoms with Gasteiger partial charge in [0.15, 0.2) is 0 Å². The van der Waals surface area contributed by atoms with E-state index in [0.717, 1.165) is 11.3 Å². The number of nitrogens with zero attached hydrogens (tertiary/aromatic N) is 1. The van der Waals surface area contributed by atoms with Crippen LogP contribution >= 0.6 is 0 Å². The van der Waals surface area contributed by atoms with Crippen LogP contribution in [-0.2, 0) is 9.53 Å². The fourth-order valence-corrected chi connectivity index (χ4v) is 1.69. The molecule has 0 radical (unpaired) electrons. The fraction of sp³-hybridized carbons (Fsp3) is 0.533. The Bertz CT molecular complexity index is 433. The SMILES string of the molecule is Cc1ccc(N(C)C(=O)COC(C)(C)C)c(C)c1. The molecule has 0 N–H and O–H groups in total. The van der Waals surface area contributed by atoms with Gasteiger partial charge in [-0.15, -0.1) is 0 Å². The Labute approximate surface area is 110 Å². The Kier molecular flexibility index (Phi) is 4.52. The van der Waals surface area contributed by atoms with Crippen LogP contribution in [0.25, 0.3) is 0 Å². The van der Waals surface area contributed by atoms with Gasteiger partial charge in [-0.05, 0) is 46.2 Å². The molecule has 0 aliphatic carbocycles. The van der Waals surface area contributed by atoms with Gasteiger partial charge in [-0.3, -0.25) is 4.79 Å². The van der Waals surface area contributed by atoms with Crippen molar-refractivity contribution in [1.82, 2.24) is 0 Å². The molecule has 0 fully saturated rings. The van der Waals surface area contributed by atoms with Crippen molar-refractivity contribution in [3.63, 3.8) is 0 Å². The van der Waals surface area contributed by atoms with Crippen LogP contribution in [-0.4, -0.2) is 25.2 Å². The Morgan fingerprint density at radius 2 is 1.89 bits per heavy atom.